The summed E-state index contributed by atoms with van der Waals surface area (Å²) in [6, 6.07) is 6.76. The molecule has 1 aromatic carbocycles. The Kier molecular flexibility index (Phi) is 4.62. The summed E-state index contributed by atoms with van der Waals surface area (Å²) in [6.07, 6.45) is 4.32. The molecule has 2 aliphatic rings. The average Bonchev–Trinajstić information content (AvgIpc) is 3.46. The maximum absolute atomic E-state index is 14.5. The number of ether oxygens (including phenoxy) is 1. The highest BCUT2D eigenvalue weighted by Gasteiger charge is 2.45. The molecular weight excluding hydrogens is 443 g/mol. The highest BCUT2D eigenvalue weighted by Crippen LogP contribution is 2.54. The maximum Gasteiger partial charge on any atom is 0.166 e. The summed E-state index contributed by atoms with van der Waals surface area (Å²) in [5.41, 5.74) is 13.9. The van der Waals surface area contributed by atoms with Crippen LogP contribution in [0.2, 0.25) is 0 Å². The molecule has 0 amide bonds. The van der Waals surface area contributed by atoms with Crippen LogP contribution in [0.5, 0.6) is 5.75 Å². The molecule has 0 spiro atoms. The van der Waals surface area contributed by atoms with Gasteiger partial charge in [-0.15, -0.1) is 0 Å². The molecule has 0 fully saturated rings. The van der Waals surface area contributed by atoms with E-state index in [0.717, 1.165) is 52.3 Å². The van der Waals surface area contributed by atoms with Crippen molar-refractivity contribution in [2.75, 3.05) is 5.73 Å². The summed E-state index contributed by atoms with van der Waals surface area (Å²) >= 11 is 0. The number of aryl methyl sites for hydroxylation is 2. The van der Waals surface area contributed by atoms with Crippen molar-refractivity contribution in [1.82, 2.24) is 24.5 Å². The summed E-state index contributed by atoms with van der Waals surface area (Å²) < 4.78 is 24.7. The number of rotatable bonds is 1. The summed E-state index contributed by atoms with van der Waals surface area (Å²) in [5.74, 6) is 0.525. The minimum Gasteiger partial charge on any atom is -0.482 e. The van der Waals surface area contributed by atoms with Crippen LogP contribution in [0.1, 0.15) is 68.5 Å². The van der Waals surface area contributed by atoms with Crippen molar-refractivity contribution in [3.8, 4) is 28.3 Å². The van der Waals surface area contributed by atoms with Gasteiger partial charge in [0.15, 0.2) is 11.6 Å². The number of fused-ring (bicyclic) bond motifs is 7. The Balaban J connectivity index is 1.73. The van der Waals surface area contributed by atoms with Crippen LogP contribution in [0.3, 0.4) is 0 Å². The molecule has 1 aliphatic carbocycles. The number of nitrogen functional groups attached to an aromatic ring is 1. The molecule has 35 heavy (non-hydrogen) atoms. The monoisotopic (exact) mass is 472 g/mol. The number of nitrogens with two attached hydrogens (primary N) is 1. The molecule has 0 radical (unpaired) electrons. The molecule has 7 nitrogen and oxygen atoms in total. The third kappa shape index (κ3) is 3.19. The molecule has 1 aliphatic heterocycles. The standard InChI is InChI=1S/C27H29FN6O/c1-6-34-24-15-9-21(26(29)30-12-15)35-14(2)18-10-16(28)7-8-17(18)23-20(13-33(5)31-23)19-11-27(3,4)25(32-34)22(19)24/h7-10,12-14,19H,6,11H2,1-5H3,(H2,29,30)/t14-,19?/m1/s1. The van der Waals surface area contributed by atoms with Crippen LogP contribution in [0.15, 0.2) is 36.7 Å². The van der Waals surface area contributed by atoms with Crippen molar-refractivity contribution < 1.29 is 9.13 Å². The van der Waals surface area contributed by atoms with Crippen LogP contribution in [0, 0.1) is 5.82 Å². The van der Waals surface area contributed by atoms with Gasteiger partial charge in [0.05, 0.1) is 17.1 Å². The predicted molar refractivity (Wildman–Crippen MR) is 133 cm³/mol. The lowest BCUT2D eigenvalue weighted by atomic mass is 9.84. The molecule has 0 saturated heterocycles. The molecule has 2 atom stereocenters. The van der Waals surface area contributed by atoms with E-state index in [0.29, 0.717) is 11.6 Å². The molecule has 0 saturated carbocycles. The number of anilines is 1. The van der Waals surface area contributed by atoms with E-state index in [-0.39, 0.29) is 17.2 Å². The highest BCUT2D eigenvalue weighted by molar-refractivity contribution is 5.75. The van der Waals surface area contributed by atoms with Crippen LogP contribution in [0.4, 0.5) is 10.2 Å². The highest BCUT2D eigenvalue weighted by atomic mass is 19.1. The number of hydrogen-bond acceptors (Lipinski definition) is 5. The van der Waals surface area contributed by atoms with Gasteiger partial charge in [-0.1, -0.05) is 13.8 Å². The minimum absolute atomic E-state index is 0.0774. The van der Waals surface area contributed by atoms with Crippen molar-refractivity contribution >= 4 is 5.82 Å². The Morgan fingerprint density at radius 2 is 2.00 bits per heavy atom. The van der Waals surface area contributed by atoms with Gasteiger partial charge < -0.3 is 10.5 Å². The molecule has 4 heterocycles. The lowest BCUT2D eigenvalue weighted by Gasteiger charge is -2.23. The molecule has 2 N–H and O–H groups in total. The zero-order chi connectivity index (χ0) is 24.6. The number of nitrogens with zero attached hydrogens (tertiary/aromatic N) is 5. The zero-order valence-corrected chi connectivity index (χ0v) is 20.6. The minimum atomic E-state index is -0.472. The van der Waals surface area contributed by atoms with E-state index in [1.807, 2.05) is 24.7 Å². The molecule has 1 unspecified atom stereocenters. The molecule has 6 rings (SSSR count). The van der Waals surface area contributed by atoms with Crippen molar-refractivity contribution in [3.05, 3.63) is 64.9 Å². The Morgan fingerprint density at radius 1 is 1.20 bits per heavy atom. The molecule has 8 heteroatoms. The van der Waals surface area contributed by atoms with Crippen molar-refractivity contribution in [2.45, 2.75) is 58.1 Å². The van der Waals surface area contributed by atoms with Gasteiger partial charge in [0.25, 0.3) is 0 Å². The Labute approximate surface area is 203 Å². The number of hydrogen-bond donors (Lipinski definition) is 1. The first-order chi connectivity index (χ1) is 16.7. The lowest BCUT2D eigenvalue weighted by molar-refractivity contribution is 0.227. The maximum atomic E-state index is 14.5. The molecule has 180 valence electrons. The molecular formula is C27H29FN6O. The van der Waals surface area contributed by atoms with E-state index in [2.05, 4.69) is 36.6 Å². The van der Waals surface area contributed by atoms with Gasteiger partial charge in [-0.3, -0.25) is 9.36 Å². The lowest BCUT2D eigenvalue weighted by Crippen LogP contribution is -2.16. The molecule has 3 aromatic heterocycles. The third-order valence-corrected chi connectivity index (χ3v) is 7.39. The van der Waals surface area contributed by atoms with Gasteiger partial charge >= 0.3 is 0 Å². The van der Waals surface area contributed by atoms with E-state index < -0.39 is 6.10 Å². The quantitative estimate of drug-likeness (QED) is 0.404. The summed E-state index contributed by atoms with van der Waals surface area (Å²) in [7, 11) is 1.93. The van der Waals surface area contributed by atoms with Crippen LogP contribution in [0.25, 0.3) is 22.5 Å². The Morgan fingerprint density at radius 3 is 2.77 bits per heavy atom. The van der Waals surface area contributed by atoms with Gasteiger partial charge in [-0.05, 0) is 44.5 Å². The van der Waals surface area contributed by atoms with Crippen molar-refractivity contribution in [3.63, 3.8) is 0 Å². The third-order valence-electron chi connectivity index (χ3n) is 7.39. The second kappa shape index (κ2) is 7.41. The SMILES string of the molecule is CCn1nc2c3c1-c1cnc(N)c(c1)O[C@H](C)c1cc(F)ccc1-c1nn(C)cc1C3CC2(C)C. The number of aromatic nitrogens is 5. The predicted octanol–water partition coefficient (Wildman–Crippen LogP) is 5.35. The first kappa shape index (κ1) is 21.8. The second-order valence-corrected chi connectivity index (χ2v) is 10.3. The van der Waals surface area contributed by atoms with Crippen LogP contribution < -0.4 is 10.5 Å². The average molecular weight is 473 g/mol. The normalized spacial score (nSPS) is 19.7. The Hall–Kier alpha value is -3.68. The van der Waals surface area contributed by atoms with Crippen LogP contribution in [-0.4, -0.2) is 24.5 Å². The summed E-state index contributed by atoms with van der Waals surface area (Å²) in [4.78, 5) is 4.47. The Bertz CT molecular complexity index is 1480. The van der Waals surface area contributed by atoms with Crippen molar-refractivity contribution in [2.24, 2.45) is 7.05 Å². The topological polar surface area (TPSA) is 83.8 Å². The van der Waals surface area contributed by atoms with E-state index in [1.54, 1.807) is 12.3 Å². The fraction of sp³-hybridized carbons (Fsp3) is 0.370. The summed E-state index contributed by atoms with van der Waals surface area (Å²) in [6.45, 7) is 9.22. The van der Waals surface area contributed by atoms with E-state index >= 15 is 0 Å². The largest absolute Gasteiger partial charge is 0.482 e. The first-order valence-corrected chi connectivity index (χ1v) is 12.0. The van der Waals surface area contributed by atoms with Gasteiger partial charge in [0.1, 0.15) is 11.9 Å². The number of benzene rings is 1. The summed E-state index contributed by atoms with van der Waals surface area (Å²) in [5, 5.41) is 9.96. The molecule has 4 aromatic rings. The van der Waals surface area contributed by atoms with Gasteiger partial charge in [-0.25, -0.2) is 9.37 Å². The fourth-order valence-electron chi connectivity index (χ4n) is 5.80. The van der Waals surface area contributed by atoms with Gasteiger partial charge in [0.2, 0.25) is 0 Å². The van der Waals surface area contributed by atoms with E-state index in [9.17, 15) is 4.39 Å². The van der Waals surface area contributed by atoms with Crippen molar-refractivity contribution in [1.29, 1.82) is 0 Å². The number of pyridine rings is 1. The number of halogens is 1. The zero-order valence-electron chi connectivity index (χ0n) is 20.6. The van der Waals surface area contributed by atoms with E-state index in [1.165, 1.54) is 17.7 Å². The smallest absolute Gasteiger partial charge is 0.166 e. The van der Waals surface area contributed by atoms with Gasteiger partial charge in [-0.2, -0.15) is 10.2 Å². The van der Waals surface area contributed by atoms with Crippen LogP contribution in [-0.2, 0) is 19.0 Å². The van der Waals surface area contributed by atoms with E-state index in [4.69, 9.17) is 20.7 Å². The molecule has 2 bridgehead atoms. The fourth-order valence-corrected chi connectivity index (χ4v) is 5.80. The van der Waals surface area contributed by atoms with Gasteiger partial charge in [0, 0.05) is 65.1 Å². The first-order valence-electron chi connectivity index (χ1n) is 12.0. The second-order valence-electron chi connectivity index (χ2n) is 10.3. The van der Waals surface area contributed by atoms with Crippen LogP contribution >= 0.6 is 0 Å².